The third kappa shape index (κ3) is 6.11. The molecule has 2 N–H and O–H groups in total. The van der Waals surface area contributed by atoms with Crippen LogP contribution in [0.1, 0.15) is 43.6 Å². The summed E-state index contributed by atoms with van der Waals surface area (Å²) >= 11 is 6.09. The lowest BCUT2D eigenvalue weighted by atomic mass is 9.87. The average Bonchev–Trinajstić information content (AvgIpc) is 2.75. The topological polar surface area (TPSA) is 67.4 Å². The number of para-hydroxylation sites is 1. The maximum atomic E-state index is 12.6. The van der Waals surface area contributed by atoms with Gasteiger partial charge in [-0.1, -0.05) is 62.7 Å². The maximum Gasteiger partial charge on any atom is 0.265 e. The molecule has 0 spiro atoms. The zero-order valence-electron chi connectivity index (χ0n) is 18.6. The molecule has 3 rings (SSSR count). The number of amides is 2. The molecule has 0 aliphatic carbocycles. The first kappa shape index (κ1) is 23.4. The lowest BCUT2D eigenvalue weighted by molar-refractivity contribution is -0.122. The molecule has 1 atom stereocenters. The van der Waals surface area contributed by atoms with Crippen LogP contribution in [0.15, 0.2) is 72.8 Å². The summed E-state index contributed by atoms with van der Waals surface area (Å²) in [7, 11) is 0. The van der Waals surface area contributed by atoms with Gasteiger partial charge in [0.25, 0.3) is 11.8 Å². The molecule has 5 nitrogen and oxygen atoms in total. The van der Waals surface area contributed by atoms with E-state index < -0.39 is 6.10 Å². The highest BCUT2D eigenvalue weighted by Crippen LogP contribution is 2.25. The Kier molecular flexibility index (Phi) is 7.21. The molecule has 0 saturated carbocycles. The fourth-order valence-corrected chi connectivity index (χ4v) is 3.21. The van der Waals surface area contributed by atoms with Crippen LogP contribution in [-0.2, 0) is 10.2 Å². The van der Waals surface area contributed by atoms with Gasteiger partial charge in [-0.15, -0.1) is 0 Å². The van der Waals surface area contributed by atoms with Gasteiger partial charge >= 0.3 is 0 Å². The van der Waals surface area contributed by atoms with Crippen LogP contribution >= 0.6 is 11.6 Å². The van der Waals surface area contributed by atoms with Gasteiger partial charge in [0.1, 0.15) is 5.75 Å². The number of anilines is 2. The molecule has 0 aliphatic rings. The smallest absolute Gasteiger partial charge is 0.265 e. The van der Waals surface area contributed by atoms with Crippen molar-refractivity contribution in [1.29, 1.82) is 0 Å². The molecule has 3 aromatic carbocycles. The zero-order chi connectivity index (χ0) is 23.3. The predicted molar refractivity (Wildman–Crippen MR) is 130 cm³/mol. The standard InChI is InChI=1S/C26H27ClN2O3/c1-17(32-23-11-6-5-10-22(23)27)24(30)28-20-8-7-9-21(16-20)29-25(31)18-12-14-19(15-13-18)26(2,3)4/h5-17H,1-4H3,(H,28,30)(H,29,31)/t17-/m1/s1. The Morgan fingerprint density at radius 3 is 2.12 bits per heavy atom. The van der Waals surface area contributed by atoms with Gasteiger partial charge in [0, 0.05) is 16.9 Å². The highest BCUT2D eigenvalue weighted by atomic mass is 35.5. The fourth-order valence-electron chi connectivity index (χ4n) is 3.03. The van der Waals surface area contributed by atoms with Gasteiger partial charge in [-0.25, -0.2) is 0 Å². The van der Waals surface area contributed by atoms with Crippen LogP contribution in [0.25, 0.3) is 0 Å². The van der Waals surface area contributed by atoms with Crippen molar-refractivity contribution in [3.63, 3.8) is 0 Å². The summed E-state index contributed by atoms with van der Waals surface area (Å²) in [6.45, 7) is 8.03. The first-order valence-corrected chi connectivity index (χ1v) is 10.8. The number of hydrogen-bond acceptors (Lipinski definition) is 3. The largest absolute Gasteiger partial charge is 0.479 e. The normalized spacial score (nSPS) is 12.0. The highest BCUT2D eigenvalue weighted by Gasteiger charge is 2.17. The van der Waals surface area contributed by atoms with E-state index in [1.54, 1.807) is 55.5 Å². The maximum absolute atomic E-state index is 12.6. The van der Waals surface area contributed by atoms with Crippen molar-refractivity contribution in [3.8, 4) is 5.75 Å². The van der Waals surface area contributed by atoms with Crippen LogP contribution in [0.2, 0.25) is 5.02 Å². The van der Waals surface area contributed by atoms with Gasteiger partial charge in [-0.05, 0) is 60.4 Å². The molecule has 0 saturated heterocycles. The Balaban J connectivity index is 1.63. The van der Waals surface area contributed by atoms with E-state index in [0.717, 1.165) is 5.56 Å². The number of benzene rings is 3. The fraction of sp³-hybridized carbons (Fsp3) is 0.231. The molecule has 0 unspecified atom stereocenters. The highest BCUT2D eigenvalue weighted by molar-refractivity contribution is 6.32. The number of hydrogen-bond donors (Lipinski definition) is 2. The van der Waals surface area contributed by atoms with Gasteiger partial charge < -0.3 is 15.4 Å². The number of halogens is 1. The number of rotatable bonds is 6. The van der Waals surface area contributed by atoms with E-state index in [9.17, 15) is 9.59 Å². The molecule has 0 bridgehead atoms. The lowest BCUT2D eigenvalue weighted by Crippen LogP contribution is -2.30. The van der Waals surface area contributed by atoms with Gasteiger partial charge in [0.15, 0.2) is 6.10 Å². The molecule has 0 fully saturated rings. The van der Waals surface area contributed by atoms with Crippen molar-refractivity contribution in [2.75, 3.05) is 10.6 Å². The summed E-state index contributed by atoms with van der Waals surface area (Å²) < 4.78 is 5.65. The van der Waals surface area contributed by atoms with Crippen molar-refractivity contribution in [3.05, 3.63) is 88.9 Å². The average molecular weight is 451 g/mol. The summed E-state index contributed by atoms with van der Waals surface area (Å²) in [6, 6.07) is 21.5. The lowest BCUT2D eigenvalue weighted by Gasteiger charge is -2.19. The van der Waals surface area contributed by atoms with Crippen LogP contribution in [0.5, 0.6) is 5.75 Å². The van der Waals surface area contributed by atoms with E-state index in [0.29, 0.717) is 27.7 Å². The molecule has 0 aliphatic heterocycles. The Bertz CT molecular complexity index is 1100. The summed E-state index contributed by atoms with van der Waals surface area (Å²) in [4.78, 5) is 25.2. The molecule has 3 aromatic rings. The van der Waals surface area contributed by atoms with E-state index in [1.807, 2.05) is 24.3 Å². The minimum atomic E-state index is -0.755. The second-order valence-electron chi connectivity index (χ2n) is 8.54. The van der Waals surface area contributed by atoms with E-state index in [1.165, 1.54) is 0 Å². The molecule has 32 heavy (non-hydrogen) atoms. The number of carbonyl (C=O) groups is 2. The quantitative estimate of drug-likeness (QED) is 0.463. The van der Waals surface area contributed by atoms with Crippen molar-refractivity contribution < 1.29 is 14.3 Å². The summed E-state index contributed by atoms with van der Waals surface area (Å²) in [5, 5.41) is 6.11. The van der Waals surface area contributed by atoms with Crippen LogP contribution in [0, 0.1) is 0 Å². The monoisotopic (exact) mass is 450 g/mol. The molecule has 0 heterocycles. The van der Waals surface area contributed by atoms with Crippen LogP contribution in [0.4, 0.5) is 11.4 Å². The van der Waals surface area contributed by atoms with Crippen LogP contribution in [0.3, 0.4) is 0 Å². The summed E-state index contributed by atoms with van der Waals surface area (Å²) in [6.07, 6.45) is -0.755. The van der Waals surface area contributed by atoms with Crippen molar-refractivity contribution in [2.45, 2.75) is 39.2 Å². The first-order chi connectivity index (χ1) is 15.1. The Labute approximate surface area is 193 Å². The molecule has 2 amide bonds. The predicted octanol–water partition coefficient (Wildman–Crippen LogP) is 6.30. The minimum absolute atomic E-state index is 0.0221. The third-order valence-corrected chi connectivity index (χ3v) is 5.22. The molecule has 166 valence electrons. The number of nitrogens with one attached hydrogen (secondary N) is 2. The molecule has 0 radical (unpaired) electrons. The minimum Gasteiger partial charge on any atom is -0.479 e. The second kappa shape index (κ2) is 9.88. The Hall–Kier alpha value is -3.31. The van der Waals surface area contributed by atoms with Gasteiger partial charge in [0.2, 0.25) is 0 Å². The third-order valence-electron chi connectivity index (χ3n) is 4.91. The van der Waals surface area contributed by atoms with Crippen LogP contribution < -0.4 is 15.4 Å². The van der Waals surface area contributed by atoms with Gasteiger partial charge in [0.05, 0.1) is 5.02 Å². The van der Waals surface area contributed by atoms with E-state index in [4.69, 9.17) is 16.3 Å². The molecular formula is C26H27ClN2O3. The zero-order valence-corrected chi connectivity index (χ0v) is 19.4. The summed E-state index contributed by atoms with van der Waals surface area (Å²) in [5.41, 5.74) is 2.87. The molecule has 0 aromatic heterocycles. The van der Waals surface area contributed by atoms with Crippen molar-refractivity contribution in [1.82, 2.24) is 0 Å². The van der Waals surface area contributed by atoms with Crippen molar-refractivity contribution in [2.24, 2.45) is 0 Å². The SMILES string of the molecule is C[C@@H](Oc1ccccc1Cl)C(=O)Nc1cccc(NC(=O)c2ccc(C(C)(C)C)cc2)c1. The Morgan fingerprint density at radius 1 is 0.875 bits per heavy atom. The second-order valence-corrected chi connectivity index (χ2v) is 8.95. The van der Waals surface area contributed by atoms with E-state index in [-0.39, 0.29) is 17.2 Å². The molecule has 6 heteroatoms. The number of carbonyl (C=O) groups excluding carboxylic acids is 2. The van der Waals surface area contributed by atoms with Crippen LogP contribution in [-0.4, -0.2) is 17.9 Å². The first-order valence-electron chi connectivity index (χ1n) is 10.4. The number of ether oxygens (including phenoxy) is 1. The van der Waals surface area contributed by atoms with E-state index >= 15 is 0 Å². The summed E-state index contributed by atoms with van der Waals surface area (Å²) in [5.74, 6) is -0.106. The van der Waals surface area contributed by atoms with Gasteiger partial charge in [-0.2, -0.15) is 0 Å². The van der Waals surface area contributed by atoms with E-state index in [2.05, 4.69) is 31.4 Å². The Morgan fingerprint density at radius 2 is 1.50 bits per heavy atom. The molecular weight excluding hydrogens is 424 g/mol. The van der Waals surface area contributed by atoms with Gasteiger partial charge in [-0.3, -0.25) is 9.59 Å². The van der Waals surface area contributed by atoms with Crippen molar-refractivity contribution >= 4 is 34.8 Å².